The Morgan fingerprint density at radius 3 is 2.77 bits per heavy atom. The average molecular weight is 431 g/mol. The van der Waals surface area contributed by atoms with Gasteiger partial charge in [-0.2, -0.15) is 0 Å². The molecule has 7 heteroatoms. The molecular weight excluding hydrogens is 396 g/mol. The summed E-state index contributed by atoms with van der Waals surface area (Å²) in [6, 6.07) is 6.33. The molecule has 2 N–H and O–H groups in total. The summed E-state index contributed by atoms with van der Waals surface area (Å²) in [5.41, 5.74) is 3.51. The van der Waals surface area contributed by atoms with Crippen LogP contribution < -0.4 is 15.4 Å². The van der Waals surface area contributed by atoms with Gasteiger partial charge in [-0.15, -0.1) is 11.3 Å². The van der Waals surface area contributed by atoms with Crippen LogP contribution in [-0.2, 0) is 23.2 Å². The summed E-state index contributed by atoms with van der Waals surface area (Å²) in [4.78, 5) is 9.08. The van der Waals surface area contributed by atoms with Crippen LogP contribution in [0.3, 0.4) is 0 Å². The fourth-order valence-electron chi connectivity index (χ4n) is 3.16. The average Bonchev–Trinajstić information content (AvgIpc) is 3.39. The van der Waals surface area contributed by atoms with Crippen molar-refractivity contribution in [2.45, 2.75) is 52.6 Å². The zero-order valence-corrected chi connectivity index (χ0v) is 19.6. The molecule has 0 radical (unpaired) electrons. The number of guanidine groups is 1. The van der Waals surface area contributed by atoms with E-state index in [2.05, 4.69) is 66.9 Å². The number of hydrogen-bond donors (Lipinski definition) is 2. The van der Waals surface area contributed by atoms with E-state index < -0.39 is 0 Å². The smallest absolute Gasteiger partial charge is 0.191 e. The first-order valence-corrected chi connectivity index (χ1v) is 11.4. The minimum atomic E-state index is 0.0706. The lowest BCUT2D eigenvalue weighted by atomic mass is 9.93. The Morgan fingerprint density at radius 2 is 2.10 bits per heavy atom. The Bertz CT molecular complexity index is 851. The van der Waals surface area contributed by atoms with Crippen molar-refractivity contribution in [3.8, 4) is 5.75 Å². The minimum Gasteiger partial charge on any atom is -0.493 e. The summed E-state index contributed by atoms with van der Waals surface area (Å²) in [5, 5.41) is 9.94. The molecule has 1 saturated heterocycles. The van der Waals surface area contributed by atoms with Crippen molar-refractivity contribution in [2.24, 2.45) is 10.9 Å². The summed E-state index contributed by atoms with van der Waals surface area (Å²) >= 11 is 1.68. The van der Waals surface area contributed by atoms with Gasteiger partial charge in [-0.3, -0.25) is 4.99 Å². The van der Waals surface area contributed by atoms with Gasteiger partial charge in [0.15, 0.2) is 5.96 Å². The van der Waals surface area contributed by atoms with E-state index in [0.717, 1.165) is 47.6 Å². The summed E-state index contributed by atoms with van der Waals surface area (Å²) in [7, 11) is 1.78. The zero-order valence-electron chi connectivity index (χ0n) is 18.7. The van der Waals surface area contributed by atoms with Gasteiger partial charge in [-0.1, -0.05) is 32.9 Å². The number of aryl methyl sites for hydroxylation is 1. The lowest BCUT2D eigenvalue weighted by Crippen LogP contribution is -2.36. The van der Waals surface area contributed by atoms with Gasteiger partial charge in [0, 0.05) is 42.5 Å². The maximum Gasteiger partial charge on any atom is 0.191 e. The maximum absolute atomic E-state index is 6.14. The van der Waals surface area contributed by atoms with E-state index in [0.29, 0.717) is 25.6 Å². The zero-order chi connectivity index (χ0) is 21.6. The molecule has 1 atom stereocenters. The highest BCUT2D eigenvalue weighted by atomic mass is 32.1. The monoisotopic (exact) mass is 430 g/mol. The fraction of sp³-hybridized carbons (Fsp3) is 0.565. The Labute approximate surface area is 184 Å². The number of nitrogens with zero attached hydrogens (tertiary/aromatic N) is 2. The van der Waals surface area contributed by atoms with Gasteiger partial charge in [0.2, 0.25) is 0 Å². The van der Waals surface area contributed by atoms with E-state index in [-0.39, 0.29) is 5.41 Å². The molecule has 0 aliphatic carbocycles. The van der Waals surface area contributed by atoms with Gasteiger partial charge in [0.05, 0.1) is 25.5 Å². The second kappa shape index (κ2) is 10.3. The highest BCUT2D eigenvalue weighted by Crippen LogP contribution is 2.24. The van der Waals surface area contributed by atoms with Gasteiger partial charge >= 0.3 is 0 Å². The van der Waals surface area contributed by atoms with Crippen LogP contribution in [0.25, 0.3) is 0 Å². The number of thiazole rings is 1. The first kappa shape index (κ1) is 22.6. The van der Waals surface area contributed by atoms with Crippen LogP contribution in [0, 0.1) is 12.8 Å². The van der Waals surface area contributed by atoms with Gasteiger partial charge in [-0.25, -0.2) is 4.98 Å². The molecule has 0 spiro atoms. The quantitative estimate of drug-likeness (QED) is 0.513. The number of nitrogens with one attached hydrogen (secondary N) is 2. The molecule has 6 nitrogen and oxygen atoms in total. The molecule has 1 aromatic heterocycles. The molecule has 2 heterocycles. The maximum atomic E-state index is 6.14. The van der Waals surface area contributed by atoms with Crippen molar-refractivity contribution < 1.29 is 9.47 Å². The molecule has 1 unspecified atom stereocenters. The van der Waals surface area contributed by atoms with E-state index in [1.165, 1.54) is 5.56 Å². The first-order valence-electron chi connectivity index (χ1n) is 10.5. The lowest BCUT2D eigenvalue weighted by Gasteiger charge is -2.17. The Kier molecular flexibility index (Phi) is 7.72. The van der Waals surface area contributed by atoms with Crippen molar-refractivity contribution in [3.63, 3.8) is 0 Å². The highest BCUT2D eigenvalue weighted by Gasteiger charge is 2.18. The van der Waals surface area contributed by atoms with Crippen molar-refractivity contribution >= 4 is 17.3 Å². The molecule has 0 bridgehead atoms. The van der Waals surface area contributed by atoms with Crippen LogP contribution in [0.15, 0.2) is 28.6 Å². The second-order valence-corrected chi connectivity index (χ2v) is 9.75. The molecule has 30 heavy (non-hydrogen) atoms. The van der Waals surface area contributed by atoms with Crippen LogP contribution >= 0.6 is 11.3 Å². The first-order chi connectivity index (χ1) is 14.3. The molecule has 1 aliphatic heterocycles. The normalized spacial score (nSPS) is 17.2. The lowest BCUT2D eigenvalue weighted by molar-refractivity contribution is 0.166. The van der Waals surface area contributed by atoms with E-state index >= 15 is 0 Å². The number of aliphatic imine (C=N–C) groups is 1. The van der Waals surface area contributed by atoms with Crippen molar-refractivity contribution in [3.05, 3.63) is 45.4 Å². The van der Waals surface area contributed by atoms with Crippen LogP contribution in [0.2, 0.25) is 0 Å². The van der Waals surface area contributed by atoms with Crippen LogP contribution in [0.5, 0.6) is 5.75 Å². The summed E-state index contributed by atoms with van der Waals surface area (Å²) in [5.74, 6) is 2.16. The predicted octanol–water partition coefficient (Wildman–Crippen LogP) is 4.03. The number of hydrogen-bond acceptors (Lipinski definition) is 5. The minimum absolute atomic E-state index is 0.0706. The van der Waals surface area contributed by atoms with Gasteiger partial charge in [0.1, 0.15) is 10.8 Å². The van der Waals surface area contributed by atoms with Crippen molar-refractivity contribution in [1.29, 1.82) is 0 Å². The molecular formula is C23H34N4O2S. The van der Waals surface area contributed by atoms with Crippen LogP contribution in [-0.4, -0.2) is 37.8 Å². The molecule has 1 aromatic carbocycles. The third-order valence-corrected chi connectivity index (χ3v) is 5.97. The predicted molar refractivity (Wildman–Crippen MR) is 123 cm³/mol. The van der Waals surface area contributed by atoms with Crippen LogP contribution in [0.1, 0.15) is 49.0 Å². The second-order valence-electron chi connectivity index (χ2n) is 8.81. The number of benzene rings is 1. The largest absolute Gasteiger partial charge is 0.493 e. The topological polar surface area (TPSA) is 67.8 Å². The molecule has 1 fully saturated rings. The van der Waals surface area contributed by atoms with Crippen LogP contribution in [0.4, 0.5) is 0 Å². The van der Waals surface area contributed by atoms with E-state index in [1.807, 2.05) is 0 Å². The molecule has 3 rings (SSSR count). The third kappa shape index (κ3) is 6.44. The standard InChI is InChI=1S/C23H34N4O2S/c1-16-6-7-18(19(10-16)29-14-17-8-9-28-13-17)11-25-22(24-5)26-12-21-27-20(15-30-21)23(2,3)4/h6-7,10,15,17H,8-9,11-14H2,1-5H3,(H2,24,25,26). The van der Waals surface area contributed by atoms with E-state index in [1.54, 1.807) is 18.4 Å². The summed E-state index contributed by atoms with van der Waals surface area (Å²) in [6.45, 7) is 12.3. The fourth-order valence-corrected chi connectivity index (χ4v) is 4.12. The van der Waals surface area contributed by atoms with Gasteiger partial charge < -0.3 is 20.1 Å². The highest BCUT2D eigenvalue weighted by molar-refractivity contribution is 7.09. The van der Waals surface area contributed by atoms with Gasteiger partial charge in [-0.05, 0) is 25.0 Å². The Morgan fingerprint density at radius 1 is 1.30 bits per heavy atom. The van der Waals surface area contributed by atoms with Crippen molar-refractivity contribution in [2.75, 3.05) is 26.9 Å². The molecule has 0 saturated carbocycles. The SMILES string of the molecule is CN=C(NCc1nc(C(C)(C)C)cs1)NCc1ccc(C)cc1OCC1CCOC1. The Balaban J connectivity index is 1.54. The third-order valence-electron chi connectivity index (χ3n) is 5.12. The van der Waals surface area contributed by atoms with Crippen molar-refractivity contribution in [1.82, 2.24) is 15.6 Å². The number of ether oxygens (including phenoxy) is 2. The molecule has 2 aromatic rings. The van der Waals surface area contributed by atoms with E-state index in [4.69, 9.17) is 14.5 Å². The van der Waals surface area contributed by atoms with E-state index in [9.17, 15) is 0 Å². The summed E-state index contributed by atoms with van der Waals surface area (Å²) in [6.07, 6.45) is 1.07. The number of aromatic nitrogens is 1. The molecule has 164 valence electrons. The summed E-state index contributed by atoms with van der Waals surface area (Å²) < 4.78 is 11.6. The molecule has 1 aliphatic rings. The van der Waals surface area contributed by atoms with Gasteiger partial charge in [0.25, 0.3) is 0 Å². The molecule has 0 amide bonds. The number of rotatable bonds is 7. The Hall–Kier alpha value is -2.12.